The van der Waals surface area contributed by atoms with Crippen LogP contribution in [0.3, 0.4) is 0 Å². The number of carbonyl (C=O) groups excluding carboxylic acids is 2. The molecule has 0 amide bonds. The second kappa shape index (κ2) is 8.81. The Hall–Kier alpha value is -2.14. The largest absolute Gasteiger partial charge is 0.460 e. The van der Waals surface area contributed by atoms with Crippen LogP contribution in [0.15, 0.2) is 59.8 Å². The first-order chi connectivity index (χ1) is 11.8. The molecule has 0 bridgehead atoms. The molecular weight excluding hydrogens is 334 g/mol. The van der Waals surface area contributed by atoms with E-state index in [2.05, 4.69) is 4.98 Å². The fraction of sp³-hybridized carbons (Fsp3) is 0.350. The number of esters is 1. The summed E-state index contributed by atoms with van der Waals surface area (Å²) >= 11 is 1.07. The van der Waals surface area contributed by atoms with Crippen LogP contribution in [0.2, 0.25) is 0 Å². The highest BCUT2D eigenvalue weighted by Crippen LogP contribution is 2.25. The summed E-state index contributed by atoms with van der Waals surface area (Å²) in [6.07, 6.45) is 2.21. The van der Waals surface area contributed by atoms with Gasteiger partial charge in [-0.15, -0.1) is 0 Å². The first-order valence-electron chi connectivity index (χ1n) is 8.22. The number of thioether (sulfide) groups is 1. The molecule has 0 aliphatic rings. The molecule has 0 saturated carbocycles. The Morgan fingerprint density at radius 1 is 1.08 bits per heavy atom. The predicted molar refractivity (Wildman–Crippen MR) is 99.2 cm³/mol. The molecule has 1 atom stereocenters. The number of hydrogen-bond donors (Lipinski definition) is 0. The summed E-state index contributed by atoms with van der Waals surface area (Å²) in [7, 11) is 0. The van der Waals surface area contributed by atoms with Gasteiger partial charge in [-0.25, -0.2) is 4.98 Å². The lowest BCUT2D eigenvalue weighted by atomic mass is 9.97. The zero-order chi connectivity index (χ0) is 18.3. The monoisotopic (exact) mass is 357 g/mol. The molecule has 132 valence electrons. The van der Waals surface area contributed by atoms with Crippen molar-refractivity contribution in [1.82, 2.24) is 4.98 Å². The Morgan fingerprint density at radius 3 is 2.36 bits per heavy atom. The lowest BCUT2D eigenvalue weighted by Gasteiger charge is -2.21. The van der Waals surface area contributed by atoms with Crippen molar-refractivity contribution in [3.05, 3.63) is 60.3 Å². The first kappa shape index (κ1) is 19.2. The maximum atomic E-state index is 12.7. The molecule has 1 heterocycles. The van der Waals surface area contributed by atoms with Crippen molar-refractivity contribution in [1.29, 1.82) is 0 Å². The first-order valence-corrected chi connectivity index (χ1v) is 9.03. The van der Waals surface area contributed by atoms with Gasteiger partial charge < -0.3 is 4.74 Å². The minimum absolute atomic E-state index is 0.0603. The average Bonchev–Trinajstić information content (AvgIpc) is 2.54. The summed E-state index contributed by atoms with van der Waals surface area (Å²) in [6, 6.07) is 15.1. The van der Waals surface area contributed by atoms with Crippen LogP contribution in [-0.4, -0.2) is 21.7 Å². The van der Waals surface area contributed by atoms with Gasteiger partial charge in [0.15, 0.2) is 5.12 Å². The third kappa shape index (κ3) is 7.10. The van der Waals surface area contributed by atoms with Crippen LogP contribution >= 0.6 is 11.8 Å². The van der Waals surface area contributed by atoms with E-state index in [4.69, 9.17) is 4.74 Å². The van der Waals surface area contributed by atoms with E-state index in [0.717, 1.165) is 17.3 Å². The molecular formula is C20H23NO3S. The molecule has 0 spiro atoms. The van der Waals surface area contributed by atoms with Gasteiger partial charge in [-0.1, -0.05) is 36.4 Å². The van der Waals surface area contributed by atoms with E-state index in [1.54, 1.807) is 18.3 Å². The Morgan fingerprint density at radius 2 is 1.76 bits per heavy atom. The van der Waals surface area contributed by atoms with Crippen molar-refractivity contribution < 1.29 is 14.3 Å². The zero-order valence-electron chi connectivity index (χ0n) is 14.8. The molecule has 1 unspecified atom stereocenters. The van der Waals surface area contributed by atoms with Crippen molar-refractivity contribution in [2.24, 2.45) is 5.92 Å². The minimum atomic E-state index is -0.564. The third-order valence-corrected chi connectivity index (χ3v) is 4.32. The Balaban J connectivity index is 2.10. The van der Waals surface area contributed by atoms with Gasteiger partial charge in [0.25, 0.3) is 0 Å². The predicted octanol–water partition coefficient (Wildman–Crippen LogP) is 4.29. The van der Waals surface area contributed by atoms with E-state index in [1.165, 1.54) is 0 Å². The van der Waals surface area contributed by atoms with Gasteiger partial charge in [0.05, 0.1) is 6.42 Å². The standard InChI is InChI=1S/C20H23NO3S/c1-20(2,3)24-18(22)14-16(13-15-9-5-4-6-10-15)19(23)25-17-11-7-8-12-21-17/h4-12,16H,13-14H2,1-3H3. The number of carbonyl (C=O) groups is 2. The summed E-state index contributed by atoms with van der Waals surface area (Å²) in [5, 5.41) is 0.558. The van der Waals surface area contributed by atoms with Gasteiger partial charge in [-0.2, -0.15) is 0 Å². The average molecular weight is 357 g/mol. The topological polar surface area (TPSA) is 56.3 Å². The fourth-order valence-electron chi connectivity index (χ4n) is 2.32. The Kier molecular flexibility index (Phi) is 6.76. The summed E-state index contributed by atoms with van der Waals surface area (Å²) in [5.41, 5.74) is 0.456. The molecule has 4 nitrogen and oxygen atoms in total. The normalized spacial score (nSPS) is 12.4. The third-order valence-electron chi connectivity index (χ3n) is 3.33. The van der Waals surface area contributed by atoms with Gasteiger partial charge in [-0.3, -0.25) is 9.59 Å². The maximum absolute atomic E-state index is 12.7. The Labute approximate surface area is 153 Å². The van der Waals surface area contributed by atoms with Crippen LogP contribution in [0, 0.1) is 5.92 Å². The van der Waals surface area contributed by atoms with E-state index < -0.39 is 11.5 Å². The summed E-state index contributed by atoms with van der Waals surface area (Å²) in [6.45, 7) is 5.46. The molecule has 0 radical (unpaired) electrons. The van der Waals surface area contributed by atoms with Gasteiger partial charge >= 0.3 is 5.97 Å². The van der Waals surface area contributed by atoms with Gasteiger partial charge in [0, 0.05) is 12.1 Å². The van der Waals surface area contributed by atoms with Crippen LogP contribution in [0.5, 0.6) is 0 Å². The SMILES string of the molecule is CC(C)(C)OC(=O)CC(Cc1ccccc1)C(=O)Sc1ccccn1. The zero-order valence-corrected chi connectivity index (χ0v) is 15.6. The molecule has 25 heavy (non-hydrogen) atoms. The molecule has 0 aliphatic heterocycles. The summed E-state index contributed by atoms with van der Waals surface area (Å²) in [5.74, 6) is -0.812. The number of pyridine rings is 1. The molecule has 0 N–H and O–H groups in total. The highest BCUT2D eigenvalue weighted by atomic mass is 32.2. The number of hydrogen-bond acceptors (Lipinski definition) is 5. The molecule has 0 saturated heterocycles. The number of ether oxygens (including phenoxy) is 1. The number of nitrogens with zero attached hydrogens (tertiary/aromatic N) is 1. The smallest absolute Gasteiger partial charge is 0.307 e. The quantitative estimate of drug-likeness (QED) is 0.570. The number of benzene rings is 1. The van der Waals surface area contributed by atoms with Crippen LogP contribution in [0.1, 0.15) is 32.8 Å². The van der Waals surface area contributed by atoms with Crippen molar-refractivity contribution in [3.63, 3.8) is 0 Å². The van der Waals surface area contributed by atoms with Crippen molar-refractivity contribution in [2.75, 3.05) is 0 Å². The Bertz CT molecular complexity index is 696. The van der Waals surface area contributed by atoms with Crippen LogP contribution in [0.25, 0.3) is 0 Å². The molecule has 2 aromatic rings. The highest BCUT2D eigenvalue weighted by molar-refractivity contribution is 8.13. The molecule has 1 aromatic heterocycles. The van der Waals surface area contributed by atoms with Gasteiger partial charge in [0.1, 0.15) is 10.6 Å². The molecule has 0 fully saturated rings. The van der Waals surface area contributed by atoms with E-state index in [0.29, 0.717) is 11.4 Å². The summed E-state index contributed by atoms with van der Waals surface area (Å²) in [4.78, 5) is 29.1. The minimum Gasteiger partial charge on any atom is -0.460 e. The molecule has 2 rings (SSSR count). The van der Waals surface area contributed by atoms with Crippen LogP contribution < -0.4 is 0 Å². The van der Waals surface area contributed by atoms with Gasteiger partial charge in [0.2, 0.25) is 0 Å². The van der Waals surface area contributed by atoms with Crippen molar-refractivity contribution >= 4 is 22.8 Å². The lowest BCUT2D eigenvalue weighted by molar-refractivity contribution is -0.156. The fourth-order valence-corrected chi connectivity index (χ4v) is 3.12. The van der Waals surface area contributed by atoms with E-state index in [1.807, 2.05) is 57.2 Å². The van der Waals surface area contributed by atoms with E-state index >= 15 is 0 Å². The van der Waals surface area contributed by atoms with Gasteiger partial charge in [-0.05, 0) is 56.7 Å². The maximum Gasteiger partial charge on any atom is 0.307 e. The van der Waals surface area contributed by atoms with Crippen LogP contribution in [-0.2, 0) is 20.7 Å². The second-order valence-electron chi connectivity index (χ2n) is 6.77. The molecule has 0 aliphatic carbocycles. The highest BCUT2D eigenvalue weighted by Gasteiger charge is 2.26. The van der Waals surface area contributed by atoms with Crippen LogP contribution in [0.4, 0.5) is 0 Å². The van der Waals surface area contributed by atoms with Crippen molar-refractivity contribution in [2.45, 2.75) is 44.2 Å². The summed E-state index contributed by atoms with van der Waals surface area (Å²) < 4.78 is 5.39. The number of rotatable bonds is 6. The molecule has 5 heteroatoms. The van der Waals surface area contributed by atoms with E-state index in [-0.39, 0.29) is 17.5 Å². The lowest BCUT2D eigenvalue weighted by Crippen LogP contribution is -2.27. The second-order valence-corrected chi connectivity index (χ2v) is 7.79. The van der Waals surface area contributed by atoms with E-state index in [9.17, 15) is 9.59 Å². The number of aromatic nitrogens is 1. The van der Waals surface area contributed by atoms with Crippen molar-refractivity contribution in [3.8, 4) is 0 Å². The molecule has 1 aromatic carbocycles.